The number of hydrogen-bond donors (Lipinski definition) is 2. The van der Waals surface area contributed by atoms with Gasteiger partial charge in [-0.15, -0.1) is 0 Å². The smallest absolute Gasteiger partial charge is 0.253 e. The van der Waals surface area contributed by atoms with Gasteiger partial charge >= 0.3 is 0 Å². The molecule has 0 bridgehead atoms. The minimum Gasteiger partial charge on any atom is -0.326 e. The first-order valence-corrected chi connectivity index (χ1v) is 10.8. The number of benzene rings is 2. The molecule has 0 aliphatic carbocycles. The molecule has 0 radical (unpaired) electrons. The number of carbonyl (C=O) groups is 3. The first-order valence-electron chi connectivity index (χ1n) is 10.8. The zero-order valence-corrected chi connectivity index (χ0v) is 18.4. The van der Waals surface area contributed by atoms with Crippen molar-refractivity contribution in [2.24, 2.45) is 0 Å². The van der Waals surface area contributed by atoms with Gasteiger partial charge in [0.15, 0.2) is 0 Å². The summed E-state index contributed by atoms with van der Waals surface area (Å²) >= 11 is 0. The largest absolute Gasteiger partial charge is 0.326 e. The van der Waals surface area contributed by atoms with Gasteiger partial charge in [-0.3, -0.25) is 28.8 Å². The molecule has 3 amide bonds. The van der Waals surface area contributed by atoms with Gasteiger partial charge < -0.3 is 10.6 Å². The van der Waals surface area contributed by atoms with E-state index in [1.165, 1.54) is 6.92 Å². The fourth-order valence-corrected chi connectivity index (χ4v) is 4.15. The third-order valence-electron chi connectivity index (χ3n) is 5.61. The molecular formula is C25H22N6O3. The Balaban J connectivity index is 1.39. The molecule has 2 N–H and O–H groups in total. The summed E-state index contributed by atoms with van der Waals surface area (Å²) in [6, 6.07) is 17.4. The van der Waals surface area contributed by atoms with Crippen LogP contribution in [0.4, 0.5) is 17.3 Å². The second-order valence-electron chi connectivity index (χ2n) is 8.08. The monoisotopic (exact) mass is 454 g/mol. The van der Waals surface area contributed by atoms with Crippen LogP contribution in [0.1, 0.15) is 24.9 Å². The molecular weight excluding hydrogens is 432 g/mol. The molecule has 0 spiro atoms. The molecule has 1 aliphatic heterocycles. The van der Waals surface area contributed by atoms with E-state index in [0.29, 0.717) is 23.9 Å². The number of hydrogen-bond acceptors (Lipinski definition) is 5. The second-order valence-corrected chi connectivity index (χ2v) is 8.08. The number of rotatable bonds is 6. The average molecular weight is 454 g/mol. The van der Waals surface area contributed by atoms with Crippen LogP contribution >= 0.6 is 0 Å². The molecule has 1 aliphatic rings. The first kappa shape index (κ1) is 21.3. The van der Waals surface area contributed by atoms with Gasteiger partial charge in [0.1, 0.15) is 6.04 Å². The highest BCUT2D eigenvalue weighted by Crippen LogP contribution is 2.37. The zero-order valence-electron chi connectivity index (χ0n) is 18.4. The molecule has 2 aromatic carbocycles. The van der Waals surface area contributed by atoms with E-state index >= 15 is 0 Å². The van der Waals surface area contributed by atoms with Crippen molar-refractivity contribution >= 4 is 46.1 Å². The summed E-state index contributed by atoms with van der Waals surface area (Å²) in [7, 11) is 0. The highest BCUT2D eigenvalue weighted by atomic mass is 16.2. The lowest BCUT2D eigenvalue weighted by atomic mass is 10.1. The SMILES string of the molecule is CC(=O)Nc1ccc(NC(=O)C[C@@H]2C(=O)N(Cc3cccnc3)c3nc4ccccc4n32)cc1. The summed E-state index contributed by atoms with van der Waals surface area (Å²) in [5.74, 6) is -0.130. The third kappa shape index (κ3) is 4.11. The van der Waals surface area contributed by atoms with Crippen molar-refractivity contribution in [3.63, 3.8) is 0 Å². The number of fused-ring (bicyclic) bond motifs is 3. The number of imidazole rings is 1. The molecule has 9 nitrogen and oxygen atoms in total. The quantitative estimate of drug-likeness (QED) is 0.463. The molecule has 3 heterocycles. The lowest BCUT2D eigenvalue weighted by Gasteiger charge is -2.16. The van der Waals surface area contributed by atoms with Crippen molar-refractivity contribution < 1.29 is 14.4 Å². The van der Waals surface area contributed by atoms with Gasteiger partial charge in [0.2, 0.25) is 17.8 Å². The molecule has 4 aromatic rings. The van der Waals surface area contributed by atoms with Crippen molar-refractivity contribution in [1.29, 1.82) is 0 Å². The molecule has 0 unspecified atom stereocenters. The molecule has 2 aromatic heterocycles. The number of carbonyl (C=O) groups excluding carboxylic acids is 3. The van der Waals surface area contributed by atoms with Crippen LogP contribution < -0.4 is 15.5 Å². The van der Waals surface area contributed by atoms with E-state index in [1.807, 2.05) is 41.0 Å². The summed E-state index contributed by atoms with van der Waals surface area (Å²) in [6.07, 6.45) is 3.36. The van der Waals surface area contributed by atoms with Crippen LogP contribution in [0.2, 0.25) is 0 Å². The number of amides is 3. The van der Waals surface area contributed by atoms with Crippen molar-refractivity contribution in [3.05, 3.63) is 78.6 Å². The number of para-hydroxylation sites is 2. The molecule has 0 saturated carbocycles. The average Bonchev–Trinajstić information content (AvgIpc) is 3.31. The van der Waals surface area contributed by atoms with Crippen molar-refractivity contribution in [2.45, 2.75) is 25.9 Å². The van der Waals surface area contributed by atoms with E-state index in [2.05, 4.69) is 20.6 Å². The van der Waals surface area contributed by atoms with E-state index in [9.17, 15) is 14.4 Å². The van der Waals surface area contributed by atoms with Crippen LogP contribution in [0.5, 0.6) is 0 Å². The molecule has 0 saturated heterocycles. The van der Waals surface area contributed by atoms with Gasteiger partial charge in [-0.05, 0) is 48.0 Å². The Bertz CT molecular complexity index is 1380. The van der Waals surface area contributed by atoms with Crippen LogP contribution in [-0.4, -0.2) is 32.3 Å². The molecule has 9 heteroatoms. The summed E-state index contributed by atoms with van der Waals surface area (Å²) in [6.45, 7) is 1.75. The third-order valence-corrected chi connectivity index (χ3v) is 5.61. The molecule has 1 atom stereocenters. The van der Waals surface area contributed by atoms with E-state index in [1.54, 1.807) is 41.6 Å². The Labute approximate surface area is 195 Å². The topological polar surface area (TPSA) is 109 Å². The standard InChI is InChI=1S/C25H22N6O3/c1-16(32)27-18-8-10-19(11-9-18)28-23(33)13-22-24(34)30(15-17-5-4-12-26-14-17)25-29-20-6-2-3-7-21(20)31(22)25/h2-12,14,22H,13,15H2,1H3,(H,27,32)(H,28,33)/t22-/m1/s1. The van der Waals surface area contributed by atoms with Gasteiger partial charge in [-0.1, -0.05) is 18.2 Å². The Morgan fingerprint density at radius 3 is 2.41 bits per heavy atom. The van der Waals surface area contributed by atoms with Crippen LogP contribution in [-0.2, 0) is 20.9 Å². The van der Waals surface area contributed by atoms with E-state index in [4.69, 9.17) is 0 Å². The highest BCUT2D eigenvalue weighted by Gasteiger charge is 2.40. The van der Waals surface area contributed by atoms with Crippen molar-refractivity contribution in [3.8, 4) is 0 Å². The maximum Gasteiger partial charge on any atom is 0.253 e. The molecule has 5 rings (SSSR count). The Kier molecular flexibility index (Phi) is 5.51. The normalized spacial score (nSPS) is 14.8. The molecule has 0 fully saturated rings. The summed E-state index contributed by atoms with van der Waals surface area (Å²) < 4.78 is 1.84. The van der Waals surface area contributed by atoms with Gasteiger partial charge in [0, 0.05) is 30.7 Å². The van der Waals surface area contributed by atoms with Crippen LogP contribution in [0.25, 0.3) is 11.0 Å². The lowest BCUT2D eigenvalue weighted by Crippen LogP contribution is -2.31. The second kappa shape index (κ2) is 8.78. The Hall–Kier alpha value is -4.53. The minimum atomic E-state index is -0.710. The fourth-order valence-electron chi connectivity index (χ4n) is 4.15. The predicted molar refractivity (Wildman–Crippen MR) is 128 cm³/mol. The summed E-state index contributed by atoms with van der Waals surface area (Å²) in [4.78, 5) is 48.0. The summed E-state index contributed by atoms with van der Waals surface area (Å²) in [5, 5.41) is 5.52. The number of pyridine rings is 1. The maximum atomic E-state index is 13.4. The molecule has 170 valence electrons. The number of nitrogens with one attached hydrogen (secondary N) is 2. The van der Waals surface area contributed by atoms with E-state index in [0.717, 1.165) is 16.6 Å². The molecule has 34 heavy (non-hydrogen) atoms. The Morgan fingerprint density at radius 1 is 0.971 bits per heavy atom. The predicted octanol–water partition coefficient (Wildman–Crippen LogP) is 3.51. The van der Waals surface area contributed by atoms with Gasteiger partial charge in [0.05, 0.1) is 24.0 Å². The van der Waals surface area contributed by atoms with Gasteiger partial charge in [-0.2, -0.15) is 0 Å². The van der Waals surface area contributed by atoms with Crippen molar-refractivity contribution in [2.75, 3.05) is 15.5 Å². The Morgan fingerprint density at radius 2 is 1.71 bits per heavy atom. The van der Waals surface area contributed by atoms with Gasteiger partial charge in [0.25, 0.3) is 5.91 Å². The number of anilines is 3. The minimum absolute atomic E-state index is 0.0385. The number of aromatic nitrogens is 3. The summed E-state index contributed by atoms with van der Waals surface area (Å²) in [5.41, 5.74) is 3.65. The fraction of sp³-hybridized carbons (Fsp3) is 0.160. The van der Waals surface area contributed by atoms with E-state index < -0.39 is 6.04 Å². The highest BCUT2D eigenvalue weighted by molar-refractivity contribution is 6.05. The van der Waals surface area contributed by atoms with Crippen LogP contribution in [0.3, 0.4) is 0 Å². The van der Waals surface area contributed by atoms with E-state index in [-0.39, 0.29) is 24.1 Å². The van der Waals surface area contributed by atoms with Crippen LogP contribution in [0, 0.1) is 0 Å². The van der Waals surface area contributed by atoms with Crippen LogP contribution in [0.15, 0.2) is 73.1 Å². The zero-order chi connectivity index (χ0) is 23.7. The van der Waals surface area contributed by atoms with Crippen molar-refractivity contribution in [1.82, 2.24) is 14.5 Å². The number of nitrogens with zero attached hydrogens (tertiary/aromatic N) is 4. The van der Waals surface area contributed by atoms with Gasteiger partial charge in [-0.25, -0.2) is 4.98 Å². The first-order chi connectivity index (χ1) is 16.5. The maximum absolute atomic E-state index is 13.4. The lowest BCUT2D eigenvalue weighted by molar-refractivity contribution is -0.124.